The van der Waals surface area contributed by atoms with Crippen LogP contribution >= 0.6 is 0 Å². The number of aromatic nitrogens is 1. The largest absolute Gasteiger partial charge is 0.360 e. The van der Waals surface area contributed by atoms with Crippen LogP contribution in [0.3, 0.4) is 0 Å². The number of aryl methyl sites for hydroxylation is 1. The van der Waals surface area contributed by atoms with Crippen LogP contribution in [0.4, 0.5) is 5.82 Å². The Kier molecular flexibility index (Phi) is 4.37. The smallest absolute Gasteiger partial charge is 0.256 e. The van der Waals surface area contributed by atoms with Gasteiger partial charge in [0.05, 0.1) is 0 Å². The fourth-order valence-electron chi connectivity index (χ4n) is 1.76. The van der Waals surface area contributed by atoms with Crippen LogP contribution in [0.15, 0.2) is 34.9 Å². The molecule has 21 heavy (non-hydrogen) atoms. The standard InChI is InChI=1S/C15H17N3O3/c1-9(2)16-14(19)11-5-4-6-12(8-11)15(20)17-13-7-10(3)21-18-13/h4-9H,1-3H3,(H,16,19)(H,17,18,20). The van der Waals surface area contributed by atoms with Crippen molar-refractivity contribution >= 4 is 17.6 Å². The van der Waals surface area contributed by atoms with E-state index in [1.165, 1.54) is 0 Å². The third-order valence-electron chi connectivity index (χ3n) is 2.68. The van der Waals surface area contributed by atoms with Crippen molar-refractivity contribution in [1.82, 2.24) is 10.5 Å². The lowest BCUT2D eigenvalue weighted by atomic mass is 10.1. The van der Waals surface area contributed by atoms with Gasteiger partial charge < -0.3 is 15.2 Å². The molecule has 0 unspecified atom stereocenters. The number of carbonyl (C=O) groups excluding carboxylic acids is 2. The van der Waals surface area contributed by atoms with Crippen LogP contribution in [0.1, 0.15) is 40.3 Å². The maximum absolute atomic E-state index is 12.1. The molecule has 1 aromatic carbocycles. The van der Waals surface area contributed by atoms with Crippen LogP contribution < -0.4 is 10.6 Å². The molecule has 0 saturated heterocycles. The molecule has 2 N–H and O–H groups in total. The molecule has 0 fully saturated rings. The van der Waals surface area contributed by atoms with Gasteiger partial charge in [-0.3, -0.25) is 9.59 Å². The van der Waals surface area contributed by atoms with Crippen molar-refractivity contribution in [3.8, 4) is 0 Å². The van der Waals surface area contributed by atoms with E-state index in [0.717, 1.165) is 0 Å². The molecule has 2 amide bonds. The van der Waals surface area contributed by atoms with Crippen molar-refractivity contribution in [2.24, 2.45) is 0 Å². The van der Waals surface area contributed by atoms with E-state index in [9.17, 15) is 9.59 Å². The second kappa shape index (κ2) is 6.21. The van der Waals surface area contributed by atoms with Gasteiger partial charge in [0, 0.05) is 23.2 Å². The summed E-state index contributed by atoms with van der Waals surface area (Å²) in [5, 5.41) is 9.08. The first-order valence-electron chi connectivity index (χ1n) is 6.61. The molecule has 0 bridgehead atoms. The first-order chi connectivity index (χ1) is 9.95. The van der Waals surface area contributed by atoms with Gasteiger partial charge in [-0.1, -0.05) is 11.2 Å². The highest BCUT2D eigenvalue weighted by atomic mass is 16.5. The molecule has 0 aliphatic heterocycles. The fourth-order valence-corrected chi connectivity index (χ4v) is 1.76. The second-order valence-corrected chi connectivity index (χ2v) is 4.99. The van der Waals surface area contributed by atoms with Gasteiger partial charge in [-0.15, -0.1) is 0 Å². The molecule has 0 spiro atoms. The third-order valence-corrected chi connectivity index (χ3v) is 2.68. The van der Waals surface area contributed by atoms with Crippen LogP contribution in [-0.2, 0) is 0 Å². The molecule has 0 atom stereocenters. The Labute approximate surface area is 122 Å². The minimum atomic E-state index is -0.345. The highest BCUT2D eigenvalue weighted by molar-refractivity contribution is 6.05. The highest BCUT2D eigenvalue weighted by Gasteiger charge is 2.12. The molecule has 0 aliphatic carbocycles. The summed E-state index contributed by atoms with van der Waals surface area (Å²) < 4.78 is 4.88. The zero-order valence-electron chi connectivity index (χ0n) is 12.1. The van der Waals surface area contributed by atoms with Gasteiger partial charge in [0.25, 0.3) is 11.8 Å². The van der Waals surface area contributed by atoms with Crippen LogP contribution in [-0.4, -0.2) is 23.0 Å². The van der Waals surface area contributed by atoms with E-state index in [-0.39, 0.29) is 17.9 Å². The van der Waals surface area contributed by atoms with Crippen molar-refractivity contribution in [2.75, 3.05) is 5.32 Å². The second-order valence-electron chi connectivity index (χ2n) is 4.99. The summed E-state index contributed by atoms with van der Waals surface area (Å²) in [5.74, 6) is 0.393. The first-order valence-corrected chi connectivity index (χ1v) is 6.61. The molecular weight excluding hydrogens is 270 g/mol. The van der Waals surface area contributed by atoms with Gasteiger partial charge in [-0.2, -0.15) is 0 Å². The monoisotopic (exact) mass is 287 g/mol. The minimum Gasteiger partial charge on any atom is -0.360 e. The molecule has 2 rings (SSSR count). The van der Waals surface area contributed by atoms with Crippen molar-refractivity contribution in [3.05, 3.63) is 47.2 Å². The van der Waals surface area contributed by atoms with Gasteiger partial charge >= 0.3 is 0 Å². The number of amides is 2. The van der Waals surface area contributed by atoms with Gasteiger partial charge in [0.15, 0.2) is 5.82 Å². The third kappa shape index (κ3) is 3.92. The lowest BCUT2D eigenvalue weighted by Crippen LogP contribution is -2.30. The van der Waals surface area contributed by atoms with Crippen molar-refractivity contribution in [3.63, 3.8) is 0 Å². The number of hydrogen-bond donors (Lipinski definition) is 2. The number of benzene rings is 1. The number of nitrogens with zero attached hydrogens (tertiary/aromatic N) is 1. The number of anilines is 1. The Bertz CT molecular complexity index is 662. The molecule has 110 valence electrons. The Balaban J connectivity index is 2.13. The summed E-state index contributed by atoms with van der Waals surface area (Å²) in [6.45, 7) is 5.49. The quantitative estimate of drug-likeness (QED) is 0.904. The number of carbonyl (C=O) groups is 2. The zero-order chi connectivity index (χ0) is 15.4. The zero-order valence-corrected chi connectivity index (χ0v) is 12.1. The molecular formula is C15H17N3O3. The summed E-state index contributed by atoms with van der Waals surface area (Å²) in [7, 11) is 0. The van der Waals surface area contributed by atoms with Gasteiger partial charge in [-0.05, 0) is 39.0 Å². The molecule has 6 nitrogen and oxygen atoms in total. The maximum Gasteiger partial charge on any atom is 0.256 e. The van der Waals surface area contributed by atoms with E-state index in [1.807, 2.05) is 13.8 Å². The fraction of sp³-hybridized carbons (Fsp3) is 0.267. The lowest BCUT2D eigenvalue weighted by Gasteiger charge is -2.09. The number of hydrogen-bond acceptors (Lipinski definition) is 4. The SMILES string of the molecule is Cc1cc(NC(=O)c2cccc(C(=O)NC(C)C)c2)no1. The predicted octanol–water partition coefficient (Wildman–Crippen LogP) is 2.37. The Morgan fingerprint density at radius 3 is 2.38 bits per heavy atom. The van der Waals surface area contributed by atoms with Crippen LogP contribution in [0.2, 0.25) is 0 Å². The normalized spacial score (nSPS) is 10.5. The lowest BCUT2D eigenvalue weighted by molar-refractivity contribution is 0.0943. The van der Waals surface area contributed by atoms with Crippen LogP contribution in [0.25, 0.3) is 0 Å². The Morgan fingerprint density at radius 1 is 1.14 bits per heavy atom. The van der Waals surface area contributed by atoms with E-state index in [0.29, 0.717) is 22.7 Å². The van der Waals surface area contributed by atoms with Crippen LogP contribution in [0.5, 0.6) is 0 Å². The summed E-state index contributed by atoms with van der Waals surface area (Å²) in [4.78, 5) is 24.0. The summed E-state index contributed by atoms with van der Waals surface area (Å²) in [5.41, 5.74) is 0.819. The van der Waals surface area contributed by atoms with Crippen LogP contribution in [0, 0.1) is 6.92 Å². The number of nitrogens with one attached hydrogen (secondary N) is 2. The van der Waals surface area contributed by atoms with Gasteiger partial charge in [0.2, 0.25) is 0 Å². The number of rotatable bonds is 4. The van der Waals surface area contributed by atoms with E-state index in [2.05, 4.69) is 15.8 Å². The van der Waals surface area contributed by atoms with Crippen molar-refractivity contribution in [1.29, 1.82) is 0 Å². The van der Waals surface area contributed by atoms with E-state index in [4.69, 9.17) is 4.52 Å². The highest BCUT2D eigenvalue weighted by Crippen LogP contribution is 2.11. The first kappa shape index (κ1) is 14.8. The molecule has 1 heterocycles. The summed E-state index contributed by atoms with van der Waals surface area (Å²) in [6, 6.07) is 8.15. The van der Waals surface area contributed by atoms with Gasteiger partial charge in [-0.25, -0.2) is 0 Å². The average Bonchev–Trinajstić information content (AvgIpc) is 2.83. The molecule has 1 aromatic heterocycles. The Morgan fingerprint density at radius 2 is 1.81 bits per heavy atom. The van der Waals surface area contributed by atoms with E-state index in [1.54, 1.807) is 37.3 Å². The maximum atomic E-state index is 12.1. The molecule has 6 heteroatoms. The van der Waals surface area contributed by atoms with E-state index < -0.39 is 0 Å². The summed E-state index contributed by atoms with van der Waals surface area (Å²) >= 11 is 0. The average molecular weight is 287 g/mol. The topological polar surface area (TPSA) is 84.2 Å². The Hall–Kier alpha value is -2.63. The van der Waals surface area contributed by atoms with Crippen molar-refractivity contribution in [2.45, 2.75) is 26.8 Å². The molecule has 2 aromatic rings. The summed E-state index contributed by atoms with van der Waals surface area (Å²) in [6.07, 6.45) is 0. The van der Waals surface area contributed by atoms with Gasteiger partial charge in [0.1, 0.15) is 5.76 Å². The molecule has 0 saturated carbocycles. The predicted molar refractivity (Wildman–Crippen MR) is 78.2 cm³/mol. The molecule has 0 aliphatic rings. The van der Waals surface area contributed by atoms with Crippen molar-refractivity contribution < 1.29 is 14.1 Å². The minimum absolute atomic E-state index is 0.0353. The van der Waals surface area contributed by atoms with E-state index >= 15 is 0 Å². The molecule has 0 radical (unpaired) electrons.